The highest BCUT2D eigenvalue weighted by Gasteiger charge is 2.29. The van der Waals surface area contributed by atoms with E-state index < -0.39 is 17.5 Å². The van der Waals surface area contributed by atoms with Crippen molar-refractivity contribution >= 4 is 23.3 Å². The number of aromatic nitrogens is 1. The lowest BCUT2D eigenvalue weighted by atomic mass is 10.1. The van der Waals surface area contributed by atoms with Crippen LogP contribution in [-0.2, 0) is 22.4 Å². The molecule has 1 aromatic carbocycles. The summed E-state index contributed by atoms with van der Waals surface area (Å²) < 4.78 is 10.8. The summed E-state index contributed by atoms with van der Waals surface area (Å²) >= 11 is 0. The predicted molar refractivity (Wildman–Crippen MR) is 119 cm³/mol. The highest BCUT2D eigenvalue weighted by atomic mass is 16.6. The zero-order valence-corrected chi connectivity index (χ0v) is 19.0. The molecule has 0 atom stereocenters. The van der Waals surface area contributed by atoms with Gasteiger partial charge in [0.15, 0.2) is 0 Å². The lowest BCUT2D eigenvalue weighted by Gasteiger charge is -2.19. The number of aromatic amines is 1. The number of H-pyrrole nitrogens is 1. The number of anilines is 2. The van der Waals surface area contributed by atoms with Gasteiger partial charge in [-0.2, -0.15) is 0 Å². The van der Waals surface area contributed by atoms with Gasteiger partial charge in [0.1, 0.15) is 11.3 Å². The van der Waals surface area contributed by atoms with Crippen molar-refractivity contribution in [3.63, 3.8) is 0 Å². The standard InChI is InChI=1S/C23H33N3O4/c1-8-17-19(21(27)29-9-2)18(25-20(17)22(28)30-23(3,4)5)14-24-15-10-12-16(13-11-15)26(6)7/h10-13,24-25H,8-9,14H2,1-7H3. The lowest BCUT2D eigenvalue weighted by molar-refractivity contribution is 0.00622. The van der Waals surface area contributed by atoms with Gasteiger partial charge in [0.25, 0.3) is 0 Å². The van der Waals surface area contributed by atoms with Crippen molar-refractivity contribution in [2.45, 2.75) is 53.2 Å². The topological polar surface area (TPSA) is 83.7 Å². The number of rotatable bonds is 8. The van der Waals surface area contributed by atoms with Crippen LogP contribution in [0.2, 0.25) is 0 Å². The molecule has 0 aliphatic rings. The first kappa shape index (κ1) is 23.3. The average molecular weight is 416 g/mol. The van der Waals surface area contributed by atoms with E-state index in [0.717, 1.165) is 11.4 Å². The Kier molecular flexibility index (Phi) is 7.54. The van der Waals surface area contributed by atoms with Gasteiger partial charge < -0.3 is 24.7 Å². The number of nitrogens with zero attached hydrogens (tertiary/aromatic N) is 1. The Labute approximate surface area is 178 Å². The summed E-state index contributed by atoms with van der Waals surface area (Å²) in [5.41, 5.74) is 3.28. The number of esters is 2. The maximum Gasteiger partial charge on any atom is 0.355 e. The van der Waals surface area contributed by atoms with E-state index >= 15 is 0 Å². The monoisotopic (exact) mass is 415 g/mol. The second kappa shape index (κ2) is 9.69. The molecule has 1 heterocycles. The van der Waals surface area contributed by atoms with E-state index in [1.807, 2.05) is 71.0 Å². The molecule has 7 heteroatoms. The fourth-order valence-electron chi connectivity index (χ4n) is 3.10. The highest BCUT2D eigenvalue weighted by Crippen LogP contribution is 2.25. The molecule has 0 fully saturated rings. The maximum absolute atomic E-state index is 12.7. The molecular weight excluding hydrogens is 382 g/mol. The Morgan fingerprint density at radius 2 is 1.70 bits per heavy atom. The zero-order valence-electron chi connectivity index (χ0n) is 19.0. The fourth-order valence-corrected chi connectivity index (χ4v) is 3.10. The predicted octanol–water partition coefficient (Wildman–Crippen LogP) is 4.39. The van der Waals surface area contributed by atoms with Gasteiger partial charge in [-0.3, -0.25) is 0 Å². The second-order valence-corrected chi connectivity index (χ2v) is 8.20. The van der Waals surface area contributed by atoms with Gasteiger partial charge in [-0.05, 0) is 63.9 Å². The molecular formula is C23H33N3O4. The Hall–Kier alpha value is -2.96. The molecule has 0 saturated heterocycles. The maximum atomic E-state index is 12.7. The van der Waals surface area contributed by atoms with Crippen LogP contribution < -0.4 is 10.2 Å². The average Bonchev–Trinajstić information content (AvgIpc) is 3.04. The third-order valence-electron chi connectivity index (χ3n) is 4.47. The van der Waals surface area contributed by atoms with Crippen molar-refractivity contribution < 1.29 is 19.1 Å². The summed E-state index contributed by atoms with van der Waals surface area (Å²) in [7, 11) is 3.97. The van der Waals surface area contributed by atoms with Gasteiger partial charge >= 0.3 is 11.9 Å². The fraction of sp³-hybridized carbons (Fsp3) is 0.478. The molecule has 164 valence electrons. The van der Waals surface area contributed by atoms with E-state index in [0.29, 0.717) is 35.5 Å². The third-order valence-corrected chi connectivity index (χ3v) is 4.47. The number of benzene rings is 1. The lowest BCUT2D eigenvalue weighted by Crippen LogP contribution is -2.24. The molecule has 0 saturated carbocycles. The minimum atomic E-state index is -0.635. The Morgan fingerprint density at radius 3 is 2.20 bits per heavy atom. The summed E-state index contributed by atoms with van der Waals surface area (Å²) in [5.74, 6) is -0.924. The van der Waals surface area contributed by atoms with Crippen molar-refractivity contribution in [1.29, 1.82) is 0 Å². The normalized spacial score (nSPS) is 11.2. The van der Waals surface area contributed by atoms with Crippen LogP contribution in [0, 0.1) is 0 Å². The van der Waals surface area contributed by atoms with Gasteiger partial charge in [0.05, 0.1) is 18.7 Å². The molecule has 0 radical (unpaired) electrons. The van der Waals surface area contributed by atoms with Crippen molar-refractivity contribution in [1.82, 2.24) is 4.98 Å². The van der Waals surface area contributed by atoms with Crippen LogP contribution in [-0.4, -0.2) is 43.2 Å². The van der Waals surface area contributed by atoms with E-state index in [4.69, 9.17) is 9.47 Å². The first-order valence-corrected chi connectivity index (χ1v) is 10.2. The van der Waals surface area contributed by atoms with Crippen LogP contribution in [0.25, 0.3) is 0 Å². The van der Waals surface area contributed by atoms with E-state index in [1.54, 1.807) is 6.92 Å². The molecule has 2 rings (SSSR count). The molecule has 0 unspecified atom stereocenters. The Bertz CT molecular complexity index is 877. The number of ether oxygens (including phenoxy) is 2. The first-order chi connectivity index (χ1) is 14.1. The molecule has 0 amide bonds. The Morgan fingerprint density at radius 1 is 1.07 bits per heavy atom. The van der Waals surface area contributed by atoms with Gasteiger partial charge in [-0.1, -0.05) is 6.92 Å². The second-order valence-electron chi connectivity index (χ2n) is 8.20. The van der Waals surface area contributed by atoms with Crippen LogP contribution >= 0.6 is 0 Å². The summed E-state index contributed by atoms with van der Waals surface area (Å²) in [4.78, 5) is 30.5. The summed E-state index contributed by atoms with van der Waals surface area (Å²) in [6.45, 7) is 9.69. The molecule has 0 bridgehead atoms. The molecule has 2 aromatic rings. The van der Waals surface area contributed by atoms with Crippen molar-refractivity contribution in [2.75, 3.05) is 30.9 Å². The zero-order chi connectivity index (χ0) is 22.5. The number of hydrogen-bond donors (Lipinski definition) is 2. The van der Waals surface area contributed by atoms with E-state index in [2.05, 4.69) is 10.3 Å². The van der Waals surface area contributed by atoms with Gasteiger partial charge in [-0.25, -0.2) is 9.59 Å². The van der Waals surface area contributed by atoms with Crippen LogP contribution in [0.4, 0.5) is 11.4 Å². The molecule has 0 spiro atoms. The molecule has 0 aliphatic heterocycles. The van der Waals surface area contributed by atoms with E-state index in [9.17, 15) is 9.59 Å². The molecule has 2 N–H and O–H groups in total. The van der Waals surface area contributed by atoms with Crippen LogP contribution in [0.5, 0.6) is 0 Å². The highest BCUT2D eigenvalue weighted by molar-refractivity contribution is 5.99. The van der Waals surface area contributed by atoms with Crippen molar-refractivity contribution in [2.24, 2.45) is 0 Å². The molecule has 30 heavy (non-hydrogen) atoms. The van der Waals surface area contributed by atoms with Crippen LogP contribution in [0.3, 0.4) is 0 Å². The van der Waals surface area contributed by atoms with Crippen molar-refractivity contribution in [3.05, 3.63) is 46.8 Å². The number of carbonyl (C=O) groups excluding carboxylic acids is 2. The first-order valence-electron chi connectivity index (χ1n) is 10.2. The van der Waals surface area contributed by atoms with E-state index in [-0.39, 0.29) is 6.61 Å². The molecule has 1 aromatic heterocycles. The number of carbonyl (C=O) groups is 2. The SMILES string of the molecule is CCOC(=O)c1c(CNc2ccc(N(C)C)cc2)[nH]c(C(=O)OC(C)(C)C)c1CC. The molecule has 0 aliphatic carbocycles. The smallest absolute Gasteiger partial charge is 0.355 e. The Balaban J connectivity index is 2.36. The summed E-state index contributed by atoms with van der Waals surface area (Å²) in [6.07, 6.45) is 0.497. The van der Waals surface area contributed by atoms with Crippen molar-refractivity contribution in [3.8, 4) is 0 Å². The largest absolute Gasteiger partial charge is 0.462 e. The summed E-state index contributed by atoms with van der Waals surface area (Å²) in [6, 6.07) is 7.95. The summed E-state index contributed by atoms with van der Waals surface area (Å²) in [5, 5.41) is 3.31. The minimum absolute atomic E-state index is 0.258. The van der Waals surface area contributed by atoms with Crippen LogP contribution in [0.15, 0.2) is 24.3 Å². The minimum Gasteiger partial charge on any atom is -0.462 e. The number of hydrogen-bond acceptors (Lipinski definition) is 6. The van der Waals surface area contributed by atoms with E-state index in [1.165, 1.54) is 0 Å². The van der Waals surface area contributed by atoms with Gasteiger partial charge in [-0.15, -0.1) is 0 Å². The van der Waals surface area contributed by atoms with Gasteiger partial charge in [0.2, 0.25) is 0 Å². The third kappa shape index (κ3) is 5.78. The molecule has 7 nitrogen and oxygen atoms in total. The quantitative estimate of drug-likeness (QED) is 0.622. The number of nitrogens with one attached hydrogen (secondary N) is 2. The van der Waals surface area contributed by atoms with Crippen LogP contribution in [0.1, 0.15) is 66.7 Å². The van der Waals surface area contributed by atoms with Gasteiger partial charge in [0, 0.05) is 31.2 Å².